The minimum atomic E-state index is -0.275. The van der Waals surface area contributed by atoms with Crippen LogP contribution in [-0.4, -0.2) is 28.1 Å². The predicted octanol–water partition coefficient (Wildman–Crippen LogP) is 4.89. The van der Waals surface area contributed by atoms with Gasteiger partial charge < -0.3 is 19.9 Å². The minimum absolute atomic E-state index is 0.146. The van der Waals surface area contributed by atoms with Gasteiger partial charge >= 0.3 is 0 Å². The Labute approximate surface area is 192 Å². The van der Waals surface area contributed by atoms with Crippen LogP contribution in [-0.2, 0) is 13.1 Å². The summed E-state index contributed by atoms with van der Waals surface area (Å²) < 4.78 is 18.7. The van der Waals surface area contributed by atoms with Crippen molar-refractivity contribution in [2.75, 3.05) is 7.11 Å². The van der Waals surface area contributed by atoms with E-state index in [2.05, 4.69) is 10.3 Å². The van der Waals surface area contributed by atoms with Crippen molar-refractivity contribution in [1.29, 1.82) is 0 Å². The summed E-state index contributed by atoms with van der Waals surface area (Å²) in [7, 11) is 1.62. The maximum absolute atomic E-state index is 13.4. The molecule has 0 atom stereocenters. The van der Waals surface area contributed by atoms with E-state index < -0.39 is 0 Å². The molecule has 0 saturated heterocycles. The Bertz CT molecular complexity index is 1140. The molecule has 1 aromatic heterocycles. The molecule has 0 unspecified atom stereocenters. The highest BCUT2D eigenvalue weighted by Gasteiger charge is 2.19. The van der Waals surface area contributed by atoms with Crippen molar-refractivity contribution < 1.29 is 9.13 Å². The first-order valence-electron chi connectivity index (χ1n) is 11.0. The van der Waals surface area contributed by atoms with Crippen LogP contribution in [0.15, 0.2) is 53.3 Å². The summed E-state index contributed by atoms with van der Waals surface area (Å²) in [5, 5.41) is 5.01. The fraction of sp³-hybridized carbons (Fsp3) is 0.360. The maximum atomic E-state index is 13.4. The molecule has 0 amide bonds. The van der Waals surface area contributed by atoms with Crippen LogP contribution in [0.25, 0.3) is 10.9 Å². The Morgan fingerprint density at radius 1 is 1.12 bits per heavy atom. The highest BCUT2D eigenvalue weighted by atomic mass is 32.1. The molecule has 2 aromatic carbocycles. The van der Waals surface area contributed by atoms with Gasteiger partial charge in [-0.3, -0.25) is 4.79 Å². The number of halogens is 1. The fourth-order valence-corrected chi connectivity index (χ4v) is 4.50. The number of H-pyrrole nitrogens is 1. The lowest BCUT2D eigenvalue weighted by molar-refractivity contribution is 0.362. The molecule has 1 aliphatic carbocycles. The molecule has 1 heterocycles. The Kier molecular flexibility index (Phi) is 7.05. The van der Waals surface area contributed by atoms with E-state index in [1.165, 1.54) is 31.4 Å². The highest BCUT2D eigenvalue weighted by molar-refractivity contribution is 7.80. The van der Waals surface area contributed by atoms with Crippen LogP contribution in [0, 0.1) is 5.82 Å². The number of nitrogens with zero attached hydrogens (tertiary/aromatic N) is 1. The second-order valence-electron chi connectivity index (χ2n) is 8.34. The molecule has 0 bridgehead atoms. The predicted molar refractivity (Wildman–Crippen MR) is 129 cm³/mol. The Morgan fingerprint density at radius 3 is 2.59 bits per heavy atom. The van der Waals surface area contributed by atoms with Gasteiger partial charge in [-0.25, -0.2) is 4.39 Å². The fourth-order valence-electron chi connectivity index (χ4n) is 4.20. The van der Waals surface area contributed by atoms with Gasteiger partial charge in [0.2, 0.25) is 0 Å². The number of pyridine rings is 1. The van der Waals surface area contributed by atoms with Crippen molar-refractivity contribution in [3.8, 4) is 5.75 Å². The lowest BCUT2D eigenvalue weighted by atomic mass is 9.96. The zero-order valence-corrected chi connectivity index (χ0v) is 19.0. The number of methoxy groups -OCH3 is 1. The molecule has 1 aliphatic rings. The quantitative estimate of drug-likeness (QED) is 0.521. The molecule has 5 nitrogen and oxygen atoms in total. The SMILES string of the molecule is COc1ccc2[nH]c(=O)c(CN(Cc3ccc(F)cc3)C(=S)NC3CCCCC3)cc2c1. The summed E-state index contributed by atoms with van der Waals surface area (Å²) in [5.41, 5.74) is 2.15. The summed E-state index contributed by atoms with van der Waals surface area (Å²) in [5.74, 6) is 0.455. The second-order valence-corrected chi connectivity index (χ2v) is 8.73. The van der Waals surface area contributed by atoms with Gasteiger partial charge in [0.1, 0.15) is 11.6 Å². The number of ether oxygens (including phenoxy) is 1. The van der Waals surface area contributed by atoms with E-state index >= 15 is 0 Å². The molecule has 1 saturated carbocycles. The van der Waals surface area contributed by atoms with Gasteiger partial charge in [-0.1, -0.05) is 31.4 Å². The van der Waals surface area contributed by atoms with Crippen LogP contribution in [0.4, 0.5) is 4.39 Å². The summed E-state index contributed by atoms with van der Waals surface area (Å²) in [6.07, 6.45) is 5.86. The Morgan fingerprint density at radius 2 is 1.88 bits per heavy atom. The minimum Gasteiger partial charge on any atom is -0.497 e. The average molecular weight is 454 g/mol. The van der Waals surface area contributed by atoms with Gasteiger partial charge in [0.25, 0.3) is 5.56 Å². The standard InChI is InChI=1S/C25H28FN3O2S/c1-31-22-11-12-23-18(14-22)13-19(24(30)28-23)16-29(15-17-7-9-20(26)10-8-17)25(32)27-21-5-3-2-4-6-21/h7-14,21H,2-6,15-16H2,1H3,(H,27,32)(H,28,30). The van der Waals surface area contributed by atoms with Crippen LogP contribution < -0.4 is 15.6 Å². The number of hydrogen-bond donors (Lipinski definition) is 2. The lowest BCUT2D eigenvalue weighted by Gasteiger charge is -2.31. The lowest BCUT2D eigenvalue weighted by Crippen LogP contribution is -2.45. The molecule has 168 valence electrons. The zero-order chi connectivity index (χ0) is 22.5. The van der Waals surface area contributed by atoms with Crippen molar-refractivity contribution in [2.45, 2.75) is 51.2 Å². The monoisotopic (exact) mass is 453 g/mol. The van der Waals surface area contributed by atoms with Gasteiger partial charge in [0, 0.05) is 29.1 Å². The van der Waals surface area contributed by atoms with Gasteiger partial charge in [0.15, 0.2) is 5.11 Å². The van der Waals surface area contributed by atoms with E-state index in [9.17, 15) is 9.18 Å². The van der Waals surface area contributed by atoms with Gasteiger partial charge in [-0.05, 0) is 67.0 Å². The molecular weight excluding hydrogens is 425 g/mol. The highest BCUT2D eigenvalue weighted by Crippen LogP contribution is 2.21. The van der Waals surface area contributed by atoms with E-state index in [-0.39, 0.29) is 11.4 Å². The van der Waals surface area contributed by atoms with Crippen LogP contribution in [0.3, 0.4) is 0 Å². The molecule has 2 N–H and O–H groups in total. The van der Waals surface area contributed by atoms with E-state index in [0.29, 0.717) is 29.8 Å². The van der Waals surface area contributed by atoms with Crippen molar-refractivity contribution in [3.63, 3.8) is 0 Å². The topological polar surface area (TPSA) is 57.4 Å². The summed E-state index contributed by atoms with van der Waals surface area (Å²) in [6, 6.07) is 14.2. The van der Waals surface area contributed by atoms with E-state index in [1.807, 2.05) is 29.2 Å². The molecule has 7 heteroatoms. The molecule has 1 fully saturated rings. The molecule has 0 spiro atoms. The number of benzene rings is 2. The van der Waals surface area contributed by atoms with Crippen LogP contribution in [0.5, 0.6) is 5.75 Å². The molecule has 32 heavy (non-hydrogen) atoms. The molecule has 0 radical (unpaired) electrons. The third-order valence-corrected chi connectivity index (χ3v) is 6.37. The van der Waals surface area contributed by atoms with Gasteiger partial charge in [0.05, 0.1) is 13.7 Å². The summed E-state index contributed by atoms with van der Waals surface area (Å²) in [4.78, 5) is 17.7. The molecule has 3 aromatic rings. The number of aromatic amines is 1. The maximum Gasteiger partial charge on any atom is 0.253 e. The number of thiocarbonyl (C=S) groups is 1. The van der Waals surface area contributed by atoms with E-state index in [4.69, 9.17) is 17.0 Å². The smallest absolute Gasteiger partial charge is 0.253 e. The van der Waals surface area contributed by atoms with Crippen LogP contribution in [0.1, 0.15) is 43.2 Å². The first-order chi connectivity index (χ1) is 15.5. The number of hydrogen-bond acceptors (Lipinski definition) is 3. The van der Waals surface area contributed by atoms with Crippen molar-refractivity contribution in [1.82, 2.24) is 15.2 Å². The number of aromatic nitrogens is 1. The number of fused-ring (bicyclic) bond motifs is 1. The normalized spacial score (nSPS) is 14.3. The first kappa shape index (κ1) is 22.3. The Hall–Kier alpha value is -2.93. The Balaban J connectivity index is 1.61. The summed E-state index contributed by atoms with van der Waals surface area (Å²) >= 11 is 5.77. The van der Waals surface area contributed by atoms with Crippen molar-refractivity contribution in [2.24, 2.45) is 0 Å². The number of rotatable bonds is 6. The van der Waals surface area contributed by atoms with Crippen LogP contribution >= 0.6 is 12.2 Å². The van der Waals surface area contributed by atoms with E-state index in [1.54, 1.807) is 19.2 Å². The third kappa shape index (κ3) is 5.46. The van der Waals surface area contributed by atoms with Crippen molar-refractivity contribution >= 4 is 28.2 Å². The van der Waals surface area contributed by atoms with E-state index in [0.717, 1.165) is 35.1 Å². The average Bonchev–Trinajstić information content (AvgIpc) is 2.80. The van der Waals surface area contributed by atoms with Crippen molar-refractivity contribution in [3.05, 3.63) is 75.8 Å². The van der Waals surface area contributed by atoms with Gasteiger partial charge in [-0.2, -0.15) is 0 Å². The number of nitrogens with one attached hydrogen (secondary N) is 2. The second kappa shape index (κ2) is 10.1. The zero-order valence-electron chi connectivity index (χ0n) is 18.2. The largest absolute Gasteiger partial charge is 0.497 e. The summed E-state index contributed by atoms with van der Waals surface area (Å²) in [6.45, 7) is 0.826. The molecule has 4 rings (SSSR count). The first-order valence-corrected chi connectivity index (χ1v) is 11.4. The molecular formula is C25H28FN3O2S. The third-order valence-electron chi connectivity index (χ3n) is 6.00. The van der Waals surface area contributed by atoms with Crippen LogP contribution in [0.2, 0.25) is 0 Å². The van der Waals surface area contributed by atoms with Gasteiger partial charge in [-0.15, -0.1) is 0 Å². The molecule has 0 aliphatic heterocycles.